The zero-order valence-corrected chi connectivity index (χ0v) is 9.56. The lowest BCUT2D eigenvalue weighted by atomic mass is 9.93. The highest BCUT2D eigenvalue weighted by atomic mass is 16.3. The maximum absolute atomic E-state index is 9.92. The maximum atomic E-state index is 9.92. The molecule has 1 heterocycles. The molecule has 2 unspecified atom stereocenters. The molecule has 0 bridgehead atoms. The summed E-state index contributed by atoms with van der Waals surface area (Å²) in [5, 5.41) is 17.2. The van der Waals surface area contributed by atoms with Gasteiger partial charge in [-0.25, -0.2) is 4.68 Å². The lowest BCUT2D eigenvalue weighted by Crippen LogP contribution is -2.29. The number of nitrogens with zero attached hydrogens (tertiary/aromatic N) is 3. The van der Waals surface area contributed by atoms with Gasteiger partial charge in [-0.1, -0.05) is 12.8 Å². The topological polar surface area (TPSA) is 89.0 Å². The van der Waals surface area contributed by atoms with Crippen LogP contribution in [0.15, 0.2) is 0 Å². The van der Waals surface area contributed by atoms with Crippen LogP contribution in [-0.2, 0) is 0 Å². The summed E-state index contributed by atoms with van der Waals surface area (Å²) in [6.45, 7) is 2.74. The third-order valence-corrected chi connectivity index (χ3v) is 3.00. The number of aliphatic hydroxyl groups excluding tert-OH is 1. The largest absolute Gasteiger partial charge is 0.391 e. The molecule has 1 aromatic heterocycles. The van der Waals surface area contributed by atoms with Crippen molar-refractivity contribution >= 4 is 11.9 Å². The van der Waals surface area contributed by atoms with E-state index in [0.29, 0.717) is 11.9 Å². The average molecular weight is 225 g/mol. The van der Waals surface area contributed by atoms with Crippen molar-refractivity contribution in [3.05, 3.63) is 0 Å². The van der Waals surface area contributed by atoms with Crippen molar-refractivity contribution < 1.29 is 5.11 Å². The Balaban J connectivity index is 2.18. The predicted molar refractivity (Wildman–Crippen MR) is 62.1 cm³/mol. The van der Waals surface area contributed by atoms with E-state index in [9.17, 15) is 5.11 Å². The first-order valence-electron chi connectivity index (χ1n) is 5.86. The molecule has 2 atom stereocenters. The van der Waals surface area contributed by atoms with Gasteiger partial charge in [-0.2, -0.15) is 4.98 Å². The highest BCUT2D eigenvalue weighted by Gasteiger charge is 2.27. The molecule has 0 saturated heterocycles. The van der Waals surface area contributed by atoms with Gasteiger partial charge in [0.15, 0.2) is 0 Å². The first-order chi connectivity index (χ1) is 7.72. The Bertz CT molecular complexity index is 351. The standard InChI is InChI=1S/C10H19N5O/c1-2-12-10-13-9(11)15(14-10)7-5-3-4-6-8(7)16/h7-8,16H,2-6H2,1H3,(H3,11,12,13,14). The van der Waals surface area contributed by atoms with Crippen LogP contribution in [0.25, 0.3) is 0 Å². The number of hydrogen-bond acceptors (Lipinski definition) is 5. The fourth-order valence-electron chi connectivity index (χ4n) is 2.19. The Morgan fingerprint density at radius 3 is 2.94 bits per heavy atom. The van der Waals surface area contributed by atoms with E-state index in [2.05, 4.69) is 15.4 Å². The van der Waals surface area contributed by atoms with Gasteiger partial charge < -0.3 is 16.2 Å². The van der Waals surface area contributed by atoms with Crippen LogP contribution in [0.3, 0.4) is 0 Å². The van der Waals surface area contributed by atoms with Gasteiger partial charge in [0.2, 0.25) is 11.9 Å². The number of aliphatic hydroxyl groups is 1. The van der Waals surface area contributed by atoms with E-state index in [1.54, 1.807) is 4.68 Å². The van der Waals surface area contributed by atoms with E-state index in [1.165, 1.54) is 0 Å². The zero-order chi connectivity index (χ0) is 11.5. The molecule has 0 aliphatic heterocycles. The van der Waals surface area contributed by atoms with Gasteiger partial charge in [0.25, 0.3) is 0 Å². The van der Waals surface area contributed by atoms with Crippen molar-refractivity contribution in [3.63, 3.8) is 0 Å². The summed E-state index contributed by atoms with van der Waals surface area (Å²) < 4.78 is 1.65. The Labute approximate surface area is 94.9 Å². The summed E-state index contributed by atoms with van der Waals surface area (Å²) in [4.78, 5) is 4.12. The summed E-state index contributed by atoms with van der Waals surface area (Å²) in [6.07, 6.45) is 3.57. The van der Waals surface area contributed by atoms with Crippen molar-refractivity contribution in [3.8, 4) is 0 Å². The van der Waals surface area contributed by atoms with Crippen LogP contribution in [-0.4, -0.2) is 32.5 Å². The molecule has 0 amide bonds. The van der Waals surface area contributed by atoms with Crippen LogP contribution in [0.5, 0.6) is 0 Å². The highest BCUT2D eigenvalue weighted by Crippen LogP contribution is 2.29. The molecule has 1 saturated carbocycles. The van der Waals surface area contributed by atoms with E-state index >= 15 is 0 Å². The number of nitrogens with two attached hydrogens (primary N) is 1. The smallest absolute Gasteiger partial charge is 0.243 e. The summed E-state index contributed by atoms with van der Waals surface area (Å²) >= 11 is 0. The van der Waals surface area contributed by atoms with Gasteiger partial charge in [0.1, 0.15) is 0 Å². The van der Waals surface area contributed by atoms with Gasteiger partial charge in [-0.3, -0.25) is 0 Å². The molecule has 6 heteroatoms. The van der Waals surface area contributed by atoms with Gasteiger partial charge in [-0.15, -0.1) is 5.10 Å². The van der Waals surface area contributed by atoms with Crippen molar-refractivity contribution in [2.45, 2.75) is 44.8 Å². The maximum Gasteiger partial charge on any atom is 0.243 e. The number of hydrogen-bond donors (Lipinski definition) is 3. The second-order valence-corrected chi connectivity index (χ2v) is 4.19. The Hall–Kier alpha value is -1.30. The number of nitrogen functional groups attached to an aromatic ring is 1. The molecule has 6 nitrogen and oxygen atoms in total. The second-order valence-electron chi connectivity index (χ2n) is 4.19. The first kappa shape index (κ1) is 11.2. The number of rotatable bonds is 3. The third-order valence-electron chi connectivity index (χ3n) is 3.00. The lowest BCUT2D eigenvalue weighted by molar-refractivity contribution is 0.0706. The summed E-state index contributed by atoms with van der Waals surface area (Å²) in [7, 11) is 0. The fourth-order valence-corrected chi connectivity index (χ4v) is 2.19. The van der Waals surface area contributed by atoms with E-state index in [0.717, 1.165) is 32.2 Å². The summed E-state index contributed by atoms with van der Waals surface area (Å²) in [5.41, 5.74) is 5.80. The summed E-state index contributed by atoms with van der Waals surface area (Å²) in [6, 6.07) is -0.0198. The number of aromatic nitrogens is 3. The van der Waals surface area contributed by atoms with Crippen LogP contribution in [0, 0.1) is 0 Å². The molecule has 1 aliphatic carbocycles. The molecule has 0 radical (unpaired) electrons. The third kappa shape index (κ3) is 2.11. The molecule has 90 valence electrons. The highest BCUT2D eigenvalue weighted by molar-refractivity contribution is 5.31. The number of anilines is 2. The normalized spacial score (nSPS) is 25.6. The molecule has 1 aromatic rings. The molecule has 1 aliphatic rings. The van der Waals surface area contributed by atoms with Crippen molar-refractivity contribution in [2.24, 2.45) is 0 Å². The van der Waals surface area contributed by atoms with Crippen LogP contribution >= 0.6 is 0 Å². The van der Waals surface area contributed by atoms with E-state index < -0.39 is 0 Å². The Morgan fingerprint density at radius 2 is 2.25 bits per heavy atom. The van der Waals surface area contributed by atoms with E-state index in [1.807, 2.05) is 6.92 Å². The predicted octanol–water partition coefficient (Wildman–Crippen LogP) is 0.768. The van der Waals surface area contributed by atoms with E-state index in [-0.39, 0.29) is 12.1 Å². The van der Waals surface area contributed by atoms with Gasteiger partial charge >= 0.3 is 0 Å². The molecule has 0 spiro atoms. The summed E-state index contributed by atoms with van der Waals surface area (Å²) in [5.74, 6) is 0.916. The molecule has 0 aromatic carbocycles. The molecular weight excluding hydrogens is 206 g/mol. The second kappa shape index (κ2) is 4.69. The van der Waals surface area contributed by atoms with Crippen molar-refractivity contribution in [2.75, 3.05) is 17.6 Å². The van der Waals surface area contributed by atoms with Gasteiger partial charge in [-0.05, 0) is 19.8 Å². The average Bonchev–Trinajstić information content (AvgIpc) is 2.61. The van der Waals surface area contributed by atoms with E-state index in [4.69, 9.17) is 5.73 Å². The minimum Gasteiger partial charge on any atom is -0.391 e. The SMILES string of the molecule is CCNc1nc(N)n(C2CCCCC2O)n1. The lowest BCUT2D eigenvalue weighted by Gasteiger charge is -2.27. The van der Waals surface area contributed by atoms with Crippen LogP contribution in [0.4, 0.5) is 11.9 Å². The van der Waals surface area contributed by atoms with Crippen LogP contribution < -0.4 is 11.1 Å². The molecule has 16 heavy (non-hydrogen) atoms. The van der Waals surface area contributed by atoms with Gasteiger partial charge in [0.05, 0.1) is 12.1 Å². The van der Waals surface area contributed by atoms with Crippen LogP contribution in [0.1, 0.15) is 38.6 Å². The minimum absolute atomic E-state index is 0.0198. The quantitative estimate of drug-likeness (QED) is 0.707. The molecule has 2 rings (SSSR count). The zero-order valence-electron chi connectivity index (χ0n) is 9.56. The van der Waals surface area contributed by atoms with Crippen molar-refractivity contribution in [1.29, 1.82) is 0 Å². The fraction of sp³-hybridized carbons (Fsp3) is 0.800. The van der Waals surface area contributed by atoms with Crippen LogP contribution in [0.2, 0.25) is 0 Å². The molecule has 4 N–H and O–H groups in total. The van der Waals surface area contributed by atoms with Crippen molar-refractivity contribution in [1.82, 2.24) is 14.8 Å². The Kier molecular flexibility index (Phi) is 3.28. The Morgan fingerprint density at radius 1 is 1.50 bits per heavy atom. The molecule has 1 fully saturated rings. The van der Waals surface area contributed by atoms with Gasteiger partial charge in [0, 0.05) is 6.54 Å². The minimum atomic E-state index is -0.354. The first-order valence-corrected chi connectivity index (χ1v) is 5.86. The monoisotopic (exact) mass is 225 g/mol. The molecular formula is C10H19N5O. The number of nitrogens with one attached hydrogen (secondary N) is 1.